The molecule has 5 heteroatoms. The molecule has 0 radical (unpaired) electrons. The molecule has 0 aliphatic carbocycles. The molecular formula is C14H19NO4. The lowest BCUT2D eigenvalue weighted by Gasteiger charge is -2.19. The van der Waals surface area contributed by atoms with Gasteiger partial charge in [-0.15, -0.1) is 0 Å². The molecule has 0 spiro atoms. The van der Waals surface area contributed by atoms with Gasteiger partial charge in [0.15, 0.2) is 11.5 Å². The number of rotatable bonds is 2. The predicted molar refractivity (Wildman–Crippen MR) is 70.5 cm³/mol. The van der Waals surface area contributed by atoms with Gasteiger partial charge < -0.3 is 20.3 Å². The summed E-state index contributed by atoms with van der Waals surface area (Å²) >= 11 is 0. The molecular weight excluding hydrogens is 246 g/mol. The third-order valence-corrected chi connectivity index (χ3v) is 3.17. The summed E-state index contributed by atoms with van der Waals surface area (Å²) in [6.07, 6.45) is 0. The second kappa shape index (κ2) is 4.74. The van der Waals surface area contributed by atoms with Gasteiger partial charge in [-0.2, -0.15) is 0 Å². The van der Waals surface area contributed by atoms with Crippen molar-refractivity contribution in [2.45, 2.75) is 26.8 Å². The van der Waals surface area contributed by atoms with Crippen molar-refractivity contribution < 1.29 is 19.4 Å². The molecule has 1 aromatic carbocycles. The Morgan fingerprint density at radius 1 is 1.32 bits per heavy atom. The van der Waals surface area contributed by atoms with Crippen LogP contribution in [-0.2, 0) is 4.79 Å². The van der Waals surface area contributed by atoms with Crippen molar-refractivity contribution in [1.29, 1.82) is 0 Å². The zero-order valence-corrected chi connectivity index (χ0v) is 11.4. The summed E-state index contributed by atoms with van der Waals surface area (Å²) in [6, 6.07) is 2.41. The lowest BCUT2D eigenvalue weighted by atomic mass is 9.97. The topological polar surface area (TPSA) is 81.8 Å². The normalized spacial score (nSPS) is 18.5. The molecule has 1 atom stereocenters. The van der Waals surface area contributed by atoms with Crippen molar-refractivity contribution in [2.75, 3.05) is 13.2 Å². The smallest absolute Gasteiger partial charge is 0.325 e. The number of carbonyl (C=O) groups is 1. The minimum Gasteiger partial charge on any atom is -0.489 e. The highest BCUT2D eigenvalue weighted by atomic mass is 16.5. The molecule has 0 saturated carbocycles. The molecule has 1 aliphatic rings. The second-order valence-corrected chi connectivity index (χ2v) is 5.71. The molecule has 5 nitrogen and oxygen atoms in total. The van der Waals surface area contributed by atoms with Crippen molar-refractivity contribution in [3.8, 4) is 11.5 Å². The molecule has 1 aromatic rings. The largest absolute Gasteiger partial charge is 0.489 e. The maximum Gasteiger partial charge on any atom is 0.325 e. The minimum atomic E-state index is -1.06. The zero-order valence-electron chi connectivity index (χ0n) is 11.4. The van der Waals surface area contributed by atoms with Gasteiger partial charge in [0.2, 0.25) is 0 Å². The first kappa shape index (κ1) is 13.7. The molecule has 104 valence electrons. The molecule has 0 fully saturated rings. The maximum atomic E-state index is 11.0. The van der Waals surface area contributed by atoms with E-state index in [0.717, 1.165) is 5.56 Å². The lowest BCUT2D eigenvalue weighted by molar-refractivity contribution is -0.138. The number of benzene rings is 1. The number of ether oxygens (including phenoxy) is 2. The van der Waals surface area contributed by atoms with E-state index in [0.29, 0.717) is 30.3 Å². The summed E-state index contributed by atoms with van der Waals surface area (Å²) in [4.78, 5) is 11.0. The van der Waals surface area contributed by atoms with E-state index in [1.54, 1.807) is 12.1 Å². The molecule has 2 rings (SSSR count). The average Bonchev–Trinajstić information content (AvgIpc) is 2.47. The SMILES string of the molecule is Cc1cc2c(cc1C(N)C(=O)O)OCC(C)(C)CO2. The Morgan fingerprint density at radius 3 is 2.37 bits per heavy atom. The van der Waals surface area contributed by atoms with Crippen LogP contribution in [0, 0.1) is 12.3 Å². The van der Waals surface area contributed by atoms with E-state index < -0.39 is 12.0 Å². The van der Waals surface area contributed by atoms with Gasteiger partial charge in [-0.05, 0) is 30.2 Å². The van der Waals surface area contributed by atoms with Crippen LogP contribution in [0.4, 0.5) is 0 Å². The van der Waals surface area contributed by atoms with E-state index in [-0.39, 0.29) is 5.41 Å². The van der Waals surface area contributed by atoms with Crippen molar-refractivity contribution in [3.63, 3.8) is 0 Å². The van der Waals surface area contributed by atoms with E-state index in [2.05, 4.69) is 13.8 Å². The number of carboxylic acid groups (broad SMARTS) is 1. The molecule has 1 heterocycles. The summed E-state index contributed by atoms with van der Waals surface area (Å²) in [5.41, 5.74) is 6.93. The number of hydrogen-bond donors (Lipinski definition) is 2. The number of fused-ring (bicyclic) bond motifs is 1. The number of hydrogen-bond acceptors (Lipinski definition) is 4. The van der Waals surface area contributed by atoms with Crippen LogP contribution in [0.2, 0.25) is 0 Å². The standard InChI is InChI=1S/C14H19NO4/c1-8-4-10-11(5-9(8)12(15)13(16)17)19-7-14(2,3)6-18-10/h4-5,12H,6-7,15H2,1-3H3,(H,16,17). The van der Waals surface area contributed by atoms with Gasteiger partial charge in [0.1, 0.15) is 6.04 Å². The van der Waals surface area contributed by atoms with Gasteiger partial charge in [-0.1, -0.05) is 13.8 Å². The minimum absolute atomic E-state index is 0.0813. The van der Waals surface area contributed by atoms with Gasteiger partial charge in [0.25, 0.3) is 0 Å². The van der Waals surface area contributed by atoms with E-state index in [9.17, 15) is 4.79 Å². The Morgan fingerprint density at radius 2 is 1.84 bits per heavy atom. The van der Waals surface area contributed by atoms with E-state index >= 15 is 0 Å². The monoisotopic (exact) mass is 265 g/mol. The van der Waals surface area contributed by atoms with Gasteiger partial charge in [0, 0.05) is 5.41 Å². The zero-order chi connectivity index (χ0) is 14.2. The van der Waals surface area contributed by atoms with Crippen LogP contribution in [-0.4, -0.2) is 24.3 Å². The average molecular weight is 265 g/mol. The molecule has 1 aliphatic heterocycles. The van der Waals surface area contributed by atoms with E-state index in [4.69, 9.17) is 20.3 Å². The van der Waals surface area contributed by atoms with Gasteiger partial charge in [-0.3, -0.25) is 4.79 Å². The fraction of sp³-hybridized carbons (Fsp3) is 0.500. The fourth-order valence-electron chi connectivity index (χ4n) is 1.96. The van der Waals surface area contributed by atoms with Crippen molar-refractivity contribution in [1.82, 2.24) is 0 Å². The van der Waals surface area contributed by atoms with Crippen molar-refractivity contribution >= 4 is 5.97 Å². The molecule has 0 aromatic heterocycles. The first-order valence-corrected chi connectivity index (χ1v) is 6.19. The number of aliphatic carboxylic acids is 1. The van der Waals surface area contributed by atoms with Crippen molar-refractivity contribution in [2.24, 2.45) is 11.1 Å². The van der Waals surface area contributed by atoms with Crippen LogP contribution in [0.3, 0.4) is 0 Å². The van der Waals surface area contributed by atoms with Gasteiger partial charge in [0.05, 0.1) is 13.2 Å². The Hall–Kier alpha value is -1.75. The van der Waals surface area contributed by atoms with Crippen LogP contribution in [0.25, 0.3) is 0 Å². The summed E-state index contributed by atoms with van der Waals surface area (Å²) < 4.78 is 11.4. The van der Waals surface area contributed by atoms with Crippen LogP contribution in [0.1, 0.15) is 31.0 Å². The summed E-state index contributed by atoms with van der Waals surface area (Å²) in [5.74, 6) is 0.144. The summed E-state index contributed by atoms with van der Waals surface area (Å²) in [7, 11) is 0. The highest BCUT2D eigenvalue weighted by Crippen LogP contribution is 2.37. The second-order valence-electron chi connectivity index (χ2n) is 5.71. The third kappa shape index (κ3) is 2.81. The maximum absolute atomic E-state index is 11.0. The first-order chi connectivity index (χ1) is 8.80. The first-order valence-electron chi connectivity index (χ1n) is 6.19. The third-order valence-electron chi connectivity index (χ3n) is 3.17. The molecule has 0 amide bonds. The Labute approximate surface area is 112 Å². The number of aryl methyl sites for hydroxylation is 1. The van der Waals surface area contributed by atoms with Crippen molar-refractivity contribution in [3.05, 3.63) is 23.3 Å². The quantitative estimate of drug-likeness (QED) is 0.853. The molecule has 0 bridgehead atoms. The molecule has 19 heavy (non-hydrogen) atoms. The van der Waals surface area contributed by atoms with Crippen LogP contribution in [0.5, 0.6) is 11.5 Å². The van der Waals surface area contributed by atoms with Crippen LogP contribution < -0.4 is 15.2 Å². The highest BCUT2D eigenvalue weighted by Gasteiger charge is 2.27. The molecule has 1 unspecified atom stereocenters. The van der Waals surface area contributed by atoms with E-state index in [1.165, 1.54) is 0 Å². The fourth-order valence-corrected chi connectivity index (χ4v) is 1.96. The number of carboxylic acids is 1. The predicted octanol–water partition coefficient (Wildman–Crippen LogP) is 1.88. The molecule has 3 N–H and O–H groups in total. The molecule has 0 saturated heterocycles. The summed E-state index contributed by atoms with van der Waals surface area (Å²) in [5, 5.41) is 9.01. The highest BCUT2D eigenvalue weighted by molar-refractivity contribution is 5.76. The Bertz CT molecular complexity index is 510. The van der Waals surface area contributed by atoms with Gasteiger partial charge in [-0.25, -0.2) is 0 Å². The summed E-state index contributed by atoms with van der Waals surface area (Å²) in [6.45, 7) is 7.00. The van der Waals surface area contributed by atoms with E-state index in [1.807, 2.05) is 6.92 Å². The van der Waals surface area contributed by atoms with Gasteiger partial charge >= 0.3 is 5.97 Å². The Balaban J connectivity index is 2.39. The lowest BCUT2D eigenvalue weighted by Crippen LogP contribution is -2.26. The van der Waals surface area contributed by atoms with Crippen LogP contribution >= 0.6 is 0 Å². The Kier molecular flexibility index (Phi) is 3.41. The van der Waals surface area contributed by atoms with Crippen LogP contribution in [0.15, 0.2) is 12.1 Å². The number of nitrogens with two attached hydrogens (primary N) is 1.